The van der Waals surface area contributed by atoms with Crippen LogP contribution in [0, 0.1) is 5.92 Å². The van der Waals surface area contributed by atoms with E-state index in [0.29, 0.717) is 16.8 Å². The number of nitrogen functional groups attached to an aromatic ring is 1. The predicted octanol–water partition coefficient (Wildman–Crippen LogP) is 3.52. The third-order valence-corrected chi connectivity index (χ3v) is 3.18. The van der Waals surface area contributed by atoms with Crippen LogP contribution in [-0.4, -0.2) is 17.3 Å². The number of benzene rings is 1. The zero-order valence-electron chi connectivity index (χ0n) is 11.3. The summed E-state index contributed by atoms with van der Waals surface area (Å²) in [6.45, 7) is 4.29. The van der Waals surface area contributed by atoms with Crippen LogP contribution in [0.15, 0.2) is 18.2 Å². The average molecular weight is 280 g/mol. The molecule has 5 heteroatoms. The summed E-state index contributed by atoms with van der Waals surface area (Å²) in [5.41, 5.74) is 8.71. The summed E-state index contributed by atoms with van der Waals surface area (Å²) in [4.78, 5) is 0. The first-order chi connectivity index (χ1) is 9.02. The number of anilines is 1. The molecule has 0 amide bonds. The van der Waals surface area contributed by atoms with Gasteiger partial charge < -0.3 is 10.5 Å². The zero-order valence-corrected chi connectivity index (χ0v) is 12.1. The smallest absolute Gasteiger partial charge is 0.149 e. The summed E-state index contributed by atoms with van der Waals surface area (Å²) in [7, 11) is 1.63. The highest BCUT2D eigenvalue weighted by Gasteiger charge is 2.17. The van der Waals surface area contributed by atoms with Crippen molar-refractivity contribution in [2.24, 2.45) is 5.92 Å². The molecule has 1 aromatic heterocycles. The third-order valence-electron chi connectivity index (χ3n) is 2.94. The van der Waals surface area contributed by atoms with Crippen molar-refractivity contribution in [2.75, 3.05) is 12.8 Å². The van der Waals surface area contributed by atoms with Gasteiger partial charge in [0.15, 0.2) is 0 Å². The topological polar surface area (TPSA) is 63.9 Å². The summed E-state index contributed by atoms with van der Waals surface area (Å²) in [6, 6.07) is 5.50. The fourth-order valence-corrected chi connectivity index (χ4v) is 2.26. The van der Waals surface area contributed by atoms with Crippen LogP contribution in [0.3, 0.4) is 0 Å². The minimum atomic E-state index is 0.490. The molecule has 102 valence electrons. The van der Waals surface area contributed by atoms with Gasteiger partial charge in [0.1, 0.15) is 11.6 Å². The molecule has 0 aliphatic carbocycles. The lowest BCUT2D eigenvalue weighted by molar-refractivity contribution is 0.416. The molecule has 2 rings (SSSR count). The number of hydrogen-bond donors (Lipinski definition) is 2. The van der Waals surface area contributed by atoms with Crippen molar-refractivity contribution in [2.45, 2.75) is 20.3 Å². The van der Waals surface area contributed by atoms with Crippen LogP contribution in [0.25, 0.3) is 11.3 Å². The van der Waals surface area contributed by atoms with Crippen LogP contribution >= 0.6 is 11.6 Å². The first-order valence-corrected chi connectivity index (χ1v) is 6.57. The number of nitrogens with two attached hydrogens (primary N) is 1. The van der Waals surface area contributed by atoms with Gasteiger partial charge in [-0.15, -0.1) is 0 Å². The number of hydrogen-bond acceptors (Lipinski definition) is 3. The second kappa shape index (κ2) is 5.53. The molecule has 0 aliphatic rings. The minimum Gasteiger partial charge on any atom is -0.496 e. The van der Waals surface area contributed by atoms with Crippen molar-refractivity contribution in [1.29, 1.82) is 0 Å². The molecule has 2 aromatic rings. The fourth-order valence-electron chi connectivity index (χ4n) is 2.09. The molecule has 0 radical (unpaired) electrons. The molecule has 3 N–H and O–H groups in total. The molecule has 4 nitrogen and oxygen atoms in total. The van der Waals surface area contributed by atoms with Crippen molar-refractivity contribution < 1.29 is 4.74 Å². The number of halogens is 1. The van der Waals surface area contributed by atoms with Crippen molar-refractivity contribution in [1.82, 2.24) is 10.2 Å². The van der Waals surface area contributed by atoms with E-state index in [-0.39, 0.29) is 0 Å². The molecule has 0 spiro atoms. The first-order valence-electron chi connectivity index (χ1n) is 6.19. The minimum absolute atomic E-state index is 0.490. The molecule has 0 fully saturated rings. The van der Waals surface area contributed by atoms with E-state index < -0.39 is 0 Å². The zero-order chi connectivity index (χ0) is 14.0. The molecule has 0 aliphatic heterocycles. The first kappa shape index (κ1) is 13.7. The van der Waals surface area contributed by atoms with Crippen molar-refractivity contribution in [3.8, 4) is 17.0 Å². The van der Waals surface area contributed by atoms with Crippen molar-refractivity contribution in [3.63, 3.8) is 0 Å². The van der Waals surface area contributed by atoms with Gasteiger partial charge in [0.2, 0.25) is 0 Å². The maximum Gasteiger partial charge on any atom is 0.149 e. The van der Waals surface area contributed by atoms with Gasteiger partial charge in [0, 0.05) is 16.1 Å². The second-order valence-electron chi connectivity index (χ2n) is 4.90. The maximum atomic E-state index is 6.07. The second-order valence-corrected chi connectivity index (χ2v) is 5.34. The van der Waals surface area contributed by atoms with Gasteiger partial charge >= 0.3 is 0 Å². The number of nitrogens with zero attached hydrogens (tertiary/aromatic N) is 1. The Morgan fingerprint density at radius 2 is 2.16 bits per heavy atom. The van der Waals surface area contributed by atoms with E-state index in [4.69, 9.17) is 22.1 Å². The van der Waals surface area contributed by atoms with Crippen LogP contribution in [0.1, 0.15) is 19.4 Å². The Labute approximate surface area is 117 Å². The van der Waals surface area contributed by atoms with Gasteiger partial charge in [-0.3, -0.25) is 5.10 Å². The van der Waals surface area contributed by atoms with Crippen LogP contribution in [-0.2, 0) is 6.42 Å². The third kappa shape index (κ3) is 2.84. The van der Waals surface area contributed by atoms with E-state index in [1.165, 1.54) is 0 Å². The van der Waals surface area contributed by atoms with Crippen LogP contribution in [0.5, 0.6) is 5.75 Å². The van der Waals surface area contributed by atoms with E-state index in [0.717, 1.165) is 29.0 Å². The van der Waals surface area contributed by atoms with E-state index >= 15 is 0 Å². The summed E-state index contributed by atoms with van der Waals surface area (Å²) in [6.07, 6.45) is 0.854. The lowest BCUT2D eigenvalue weighted by Crippen LogP contribution is -1.99. The quantitative estimate of drug-likeness (QED) is 0.900. The van der Waals surface area contributed by atoms with Crippen LogP contribution in [0.4, 0.5) is 5.82 Å². The summed E-state index contributed by atoms with van der Waals surface area (Å²) < 4.78 is 5.38. The number of H-pyrrole nitrogens is 1. The van der Waals surface area contributed by atoms with Gasteiger partial charge in [-0.25, -0.2) is 0 Å². The molecule has 1 heterocycles. The molecular formula is C14H18ClN3O. The van der Waals surface area contributed by atoms with E-state index in [1.54, 1.807) is 13.2 Å². The number of methoxy groups -OCH3 is 1. The van der Waals surface area contributed by atoms with E-state index in [2.05, 4.69) is 24.0 Å². The van der Waals surface area contributed by atoms with Gasteiger partial charge in [-0.1, -0.05) is 25.4 Å². The highest BCUT2D eigenvalue weighted by Crippen LogP contribution is 2.35. The van der Waals surface area contributed by atoms with Gasteiger partial charge in [-0.05, 0) is 30.5 Å². The number of aromatic amines is 1. The Balaban J connectivity index is 2.55. The Hall–Kier alpha value is -1.68. The predicted molar refractivity (Wildman–Crippen MR) is 78.5 cm³/mol. The Bertz CT molecular complexity index is 578. The van der Waals surface area contributed by atoms with Crippen LogP contribution < -0.4 is 10.5 Å². The van der Waals surface area contributed by atoms with E-state index in [1.807, 2.05) is 12.1 Å². The lowest BCUT2D eigenvalue weighted by atomic mass is 9.98. The number of aromatic nitrogens is 2. The molecule has 0 saturated carbocycles. The standard InChI is InChI=1S/C14H18ClN3O/c1-8(2)6-11-13(17-18-14(11)16)10-7-9(15)4-5-12(10)19-3/h4-5,7-8H,6H2,1-3H3,(H3,16,17,18). The lowest BCUT2D eigenvalue weighted by Gasteiger charge is -2.11. The normalized spacial score (nSPS) is 11.0. The van der Waals surface area contributed by atoms with Crippen molar-refractivity contribution in [3.05, 3.63) is 28.8 Å². The Morgan fingerprint density at radius 1 is 1.42 bits per heavy atom. The van der Waals surface area contributed by atoms with Gasteiger partial charge in [-0.2, -0.15) is 5.10 Å². The maximum absolute atomic E-state index is 6.07. The molecule has 0 bridgehead atoms. The van der Waals surface area contributed by atoms with Crippen LogP contribution in [0.2, 0.25) is 5.02 Å². The van der Waals surface area contributed by atoms with Gasteiger partial charge in [0.25, 0.3) is 0 Å². The van der Waals surface area contributed by atoms with E-state index in [9.17, 15) is 0 Å². The summed E-state index contributed by atoms with van der Waals surface area (Å²) >= 11 is 6.07. The molecule has 0 atom stereocenters. The van der Waals surface area contributed by atoms with Gasteiger partial charge in [0.05, 0.1) is 12.8 Å². The molecule has 1 aromatic carbocycles. The molecule has 0 saturated heterocycles. The Morgan fingerprint density at radius 3 is 2.79 bits per heavy atom. The number of ether oxygens (including phenoxy) is 1. The summed E-state index contributed by atoms with van der Waals surface area (Å²) in [5.74, 6) is 1.77. The molecule has 0 unspecified atom stereocenters. The molecule has 19 heavy (non-hydrogen) atoms. The highest BCUT2D eigenvalue weighted by molar-refractivity contribution is 6.31. The summed E-state index contributed by atoms with van der Waals surface area (Å²) in [5, 5.41) is 7.74. The SMILES string of the molecule is COc1ccc(Cl)cc1-c1[nH]nc(N)c1CC(C)C. The largest absolute Gasteiger partial charge is 0.496 e. The monoisotopic (exact) mass is 279 g/mol. The fraction of sp³-hybridized carbons (Fsp3) is 0.357. The van der Waals surface area contributed by atoms with Crippen molar-refractivity contribution >= 4 is 17.4 Å². The number of nitrogens with one attached hydrogen (secondary N) is 1. The highest BCUT2D eigenvalue weighted by atomic mass is 35.5. The number of rotatable bonds is 4. The average Bonchev–Trinajstić information content (AvgIpc) is 2.70. The molecular weight excluding hydrogens is 262 g/mol. The Kier molecular flexibility index (Phi) is 4.00.